The molecule has 0 aliphatic rings. The van der Waals surface area contributed by atoms with Gasteiger partial charge in [-0.25, -0.2) is 0 Å². The number of amides is 1. The molecular weight excluding hydrogens is 162 g/mol. The second-order valence-corrected chi connectivity index (χ2v) is 2.53. The van der Waals surface area contributed by atoms with E-state index in [4.69, 9.17) is 0 Å². The van der Waals surface area contributed by atoms with Gasteiger partial charge in [0.1, 0.15) is 0 Å². The van der Waals surface area contributed by atoms with E-state index >= 15 is 0 Å². The van der Waals surface area contributed by atoms with Gasteiger partial charge in [0.15, 0.2) is 0 Å². The topological polar surface area (TPSA) is 29.1 Å². The SMILES string of the molecule is C=C=CCC(=O)Nc1ccccc1. The highest BCUT2D eigenvalue weighted by atomic mass is 16.1. The highest BCUT2D eigenvalue weighted by Crippen LogP contribution is 2.05. The van der Waals surface area contributed by atoms with E-state index in [-0.39, 0.29) is 5.91 Å². The van der Waals surface area contributed by atoms with E-state index in [9.17, 15) is 4.79 Å². The van der Waals surface area contributed by atoms with Gasteiger partial charge in [0.2, 0.25) is 5.91 Å². The summed E-state index contributed by atoms with van der Waals surface area (Å²) in [6, 6.07) is 9.34. The lowest BCUT2D eigenvalue weighted by atomic mass is 10.3. The molecule has 0 aromatic heterocycles. The molecule has 1 aromatic rings. The van der Waals surface area contributed by atoms with Crippen LogP contribution in [-0.2, 0) is 4.79 Å². The summed E-state index contributed by atoms with van der Waals surface area (Å²) in [4.78, 5) is 11.2. The average Bonchev–Trinajstić information content (AvgIpc) is 2.16. The summed E-state index contributed by atoms with van der Waals surface area (Å²) in [5.74, 6) is -0.0534. The Balaban J connectivity index is 2.50. The molecule has 0 saturated heterocycles. The van der Waals surface area contributed by atoms with E-state index < -0.39 is 0 Å². The maximum absolute atomic E-state index is 11.2. The van der Waals surface area contributed by atoms with Crippen molar-refractivity contribution in [3.05, 3.63) is 48.7 Å². The number of benzene rings is 1. The summed E-state index contributed by atoms with van der Waals surface area (Å²) in [7, 11) is 0. The summed E-state index contributed by atoms with van der Waals surface area (Å²) in [5.41, 5.74) is 3.36. The van der Waals surface area contributed by atoms with Gasteiger partial charge in [-0.2, -0.15) is 0 Å². The third-order valence-corrected chi connectivity index (χ3v) is 1.49. The van der Waals surface area contributed by atoms with Crippen LogP contribution in [0.1, 0.15) is 6.42 Å². The van der Waals surface area contributed by atoms with Crippen molar-refractivity contribution in [1.29, 1.82) is 0 Å². The Morgan fingerprint density at radius 2 is 2.15 bits per heavy atom. The van der Waals surface area contributed by atoms with Crippen molar-refractivity contribution in [2.24, 2.45) is 0 Å². The Kier molecular flexibility index (Phi) is 3.55. The van der Waals surface area contributed by atoms with Crippen molar-refractivity contribution in [2.75, 3.05) is 5.32 Å². The summed E-state index contributed by atoms with van der Waals surface area (Å²) in [6.07, 6.45) is 1.91. The van der Waals surface area contributed by atoms with Crippen LogP contribution in [0.3, 0.4) is 0 Å². The van der Waals surface area contributed by atoms with Crippen LogP contribution in [0, 0.1) is 0 Å². The number of carbonyl (C=O) groups excluding carboxylic acids is 1. The second-order valence-electron chi connectivity index (χ2n) is 2.53. The van der Waals surface area contributed by atoms with Crippen molar-refractivity contribution in [2.45, 2.75) is 6.42 Å². The van der Waals surface area contributed by atoms with Crippen LogP contribution >= 0.6 is 0 Å². The van der Waals surface area contributed by atoms with E-state index in [0.29, 0.717) is 6.42 Å². The molecular formula is C11H11NO. The lowest BCUT2D eigenvalue weighted by Crippen LogP contribution is -2.09. The minimum absolute atomic E-state index is 0.0534. The average molecular weight is 173 g/mol. The molecule has 0 bridgehead atoms. The number of rotatable bonds is 3. The van der Waals surface area contributed by atoms with Gasteiger partial charge in [-0.1, -0.05) is 24.8 Å². The Bertz CT molecular complexity index is 323. The summed E-state index contributed by atoms with van der Waals surface area (Å²) >= 11 is 0. The van der Waals surface area contributed by atoms with E-state index in [1.54, 1.807) is 6.08 Å². The zero-order chi connectivity index (χ0) is 9.52. The lowest BCUT2D eigenvalue weighted by Gasteiger charge is -2.01. The molecule has 1 aromatic carbocycles. The third kappa shape index (κ3) is 3.41. The highest BCUT2D eigenvalue weighted by molar-refractivity contribution is 5.91. The molecule has 13 heavy (non-hydrogen) atoms. The Hall–Kier alpha value is -1.79. The molecule has 1 N–H and O–H groups in total. The van der Waals surface area contributed by atoms with Crippen LogP contribution in [-0.4, -0.2) is 5.91 Å². The van der Waals surface area contributed by atoms with Crippen molar-refractivity contribution >= 4 is 11.6 Å². The minimum Gasteiger partial charge on any atom is -0.326 e. The maximum atomic E-state index is 11.2. The first-order valence-electron chi connectivity index (χ1n) is 4.02. The molecule has 1 amide bonds. The van der Waals surface area contributed by atoms with Crippen LogP contribution in [0.4, 0.5) is 5.69 Å². The van der Waals surface area contributed by atoms with E-state index in [0.717, 1.165) is 5.69 Å². The largest absolute Gasteiger partial charge is 0.326 e. The fourth-order valence-corrected chi connectivity index (χ4v) is 0.898. The van der Waals surface area contributed by atoms with Gasteiger partial charge in [0, 0.05) is 5.69 Å². The number of carbonyl (C=O) groups is 1. The quantitative estimate of drug-likeness (QED) is 0.698. The number of nitrogens with one attached hydrogen (secondary N) is 1. The van der Waals surface area contributed by atoms with Crippen LogP contribution in [0.2, 0.25) is 0 Å². The number of hydrogen-bond acceptors (Lipinski definition) is 1. The molecule has 2 heteroatoms. The molecule has 0 radical (unpaired) electrons. The zero-order valence-electron chi connectivity index (χ0n) is 7.29. The Morgan fingerprint density at radius 3 is 2.77 bits per heavy atom. The van der Waals surface area contributed by atoms with Gasteiger partial charge in [-0.3, -0.25) is 4.79 Å². The van der Waals surface area contributed by atoms with Crippen LogP contribution in [0.5, 0.6) is 0 Å². The van der Waals surface area contributed by atoms with Crippen LogP contribution in [0.15, 0.2) is 48.7 Å². The third-order valence-electron chi connectivity index (χ3n) is 1.49. The number of anilines is 1. The number of hydrogen-bond donors (Lipinski definition) is 1. The van der Waals surface area contributed by atoms with Gasteiger partial charge >= 0.3 is 0 Å². The molecule has 0 atom stereocenters. The molecule has 0 aliphatic carbocycles. The summed E-state index contributed by atoms with van der Waals surface area (Å²) in [6.45, 7) is 3.38. The van der Waals surface area contributed by atoms with Gasteiger partial charge < -0.3 is 5.32 Å². The predicted molar refractivity (Wildman–Crippen MR) is 53.4 cm³/mol. The maximum Gasteiger partial charge on any atom is 0.228 e. The first-order valence-corrected chi connectivity index (χ1v) is 4.02. The molecule has 0 aliphatic heterocycles. The van der Waals surface area contributed by atoms with Crippen molar-refractivity contribution in [3.63, 3.8) is 0 Å². The molecule has 2 nitrogen and oxygen atoms in total. The molecule has 0 heterocycles. The Labute approximate surface area is 77.6 Å². The zero-order valence-corrected chi connectivity index (χ0v) is 7.29. The van der Waals surface area contributed by atoms with Crippen LogP contribution < -0.4 is 5.32 Å². The molecule has 0 unspecified atom stereocenters. The fraction of sp³-hybridized carbons (Fsp3) is 0.0909. The standard InChI is InChI=1S/C11H11NO/c1-2-3-9-11(13)12-10-7-5-4-6-8-10/h3-8H,1,9H2,(H,12,13). The monoisotopic (exact) mass is 173 g/mol. The summed E-state index contributed by atoms with van der Waals surface area (Å²) < 4.78 is 0. The fourth-order valence-electron chi connectivity index (χ4n) is 0.898. The van der Waals surface area contributed by atoms with Crippen molar-refractivity contribution in [1.82, 2.24) is 0 Å². The minimum atomic E-state index is -0.0534. The molecule has 66 valence electrons. The normalized spacial score (nSPS) is 8.62. The van der Waals surface area contributed by atoms with Gasteiger partial charge in [0.25, 0.3) is 0 Å². The molecule has 0 saturated carbocycles. The smallest absolute Gasteiger partial charge is 0.228 e. The van der Waals surface area contributed by atoms with Crippen molar-refractivity contribution < 1.29 is 4.79 Å². The second kappa shape index (κ2) is 4.96. The molecule has 1 rings (SSSR count). The van der Waals surface area contributed by atoms with E-state index in [2.05, 4.69) is 17.6 Å². The highest BCUT2D eigenvalue weighted by Gasteiger charge is 1.97. The summed E-state index contributed by atoms with van der Waals surface area (Å²) in [5, 5.41) is 2.74. The van der Waals surface area contributed by atoms with Gasteiger partial charge in [-0.05, 0) is 18.2 Å². The molecule has 0 fully saturated rings. The first-order chi connectivity index (χ1) is 6.33. The number of para-hydroxylation sites is 1. The first kappa shape index (κ1) is 9.30. The molecule has 0 spiro atoms. The Morgan fingerprint density at radius 1 is 1.46 bits per heavy atom. The van der Waals surface area contributed by atoms with Crippen molar-refractivity contribution in [3.8, 4) is 0 Å². The van der Waals surface area contributed by atoms with Gasteiger partial charge in [0.05, 0.1) is 6.42 Å². The lowest BCUT2D eigenvalue weighted by molar-refractivity contribution is -0.115. The van der Waals surface area contributed by atoms with E-state index in [1.165, 1.54) is 0 Å². The predicted octanol–water partition coefficient (Wildman–Crippen LogP) is 2.36. The van der Waals surface area contributed by atoms with Crippen LogP contribution in [0.25, 0.3) is 0 Å². The van der Waals surface area contributed by atoms with E-state index in [1.807, 2.05) is 30.3 Å². The van der Waals surface area contributed by atoms with Gasteiger partial charge in [-0.15, -0.1) is 5.73 Å².